The van der Waals surface area contributed by atoms with Gasteiger partial charge in [0.05, 0.1) is 5.57 Å². The Kier molecular flexibility index (Phi) is 3.90. The highest BCUT2D eigenvalue weighted by Crippen LogP contribution is 2.39. The number of rotatable bonds is 3. The minimum Gasteiger partial charge on any atom is -0.478 e. The van der Waals surface area contributed by atoms with Gasteiger partial charge in [0.2, 0.25) is 5.91 Å². The van der Waals surface area contributed by atoms with E-state index in [0.29, 0.717) is 0 Å². The predicted octanol–water partition coefficient (Wildman–Crippen LogP) is 0.385. The number of ether oxygens (including phenoxy) is 2. The number of Topliss-reactive ketones (excluding diaryl/α,β-unsaturated/α-hetero) is 1. The van der Waals surface area contributed by atoms with Gasteiger partial charge < -0.3 is 19.9 Å². The number of hydrogen-bond acceptors (Lipinski definition) is 5. The molecule has 1 aliphatic carbocycles. The van der Waals surface area contributed by atoms with E-state index in [1.54, 1.807) is 20.8 Å². The number of aliphatic carboxylic acids is 1. The number of carbonyl (C=O) groups excluding carboxylic acids is 2. The van der Waals surface area contributed by atoms with Gasteiger partial charge in [-0.05, 0) is 20.3 Å². The van der Waals surface area contributed by atoms with Crippen molar-refractivity contribution in [1.29, 1.82) is 0 Å². The van der Waals surface area contributed by atoms with Crippen LogP contribution in [0.3, 0.4) is 0 Å². The van der Waals surface area contributed by atoms with Crippen molar-refractivity contribution >= 4 is 17.7 Å². The lowest BCUT2D eigenvalue weighted by molar-refractivity contribution is -0.150. The quantitative estimate of drug-likeness (QED) is 0.781. The van der Waals surface area contributed by atoms with E-state index >= 15 is 0 Å². The third kappa shape index (κ3) is 2.71. The average molecular weight is 297 g/mol. The fourth-order valence-corrected chi connectivity index (χ4v) is 2.88. The van der Waals surface area contributed by atoms with Crippen LogP contribution in [0.1, 0.15) is 34.1 Å². The number of hydrogen-bond donors (Lipinski definition) is 2. The molecule has 7 heteroatoms. The van der Waals surface area contributed by atoms with Crippen molar-refractivity contribution in [1.82, 2.24) is 5.32 Å². The van der Waals surface area contributed by atoms with Gasteiger partial charge in [-0.1, -0.05) is 6.92 Å². The summed E-state index contributed by atoms with van der Waals surface area (Å²) in [5.41, 5.74) is 0.100. The van der Waals surface area contributed by atoms with Gasteiger partial charge in [-0.15, -0.1) is 0 Å². The molecule has 2 N–H and O–H groups in total. The van der Waals surface area contributed by atoms with E-state index in [-0.39, 0.29) is 23.5 Å². The molecule has 0 spiro atoms. The van der Waals surface area contributed by atoms with Crippen LogP contribution < -0.4 is 5.32 Å². The van der Waals surface area contributed by atoms with Gasteiger partial charge in [0.15, 0.2) is 11.6 Å². The van der Waals surface area contributed by atoms with Crippen LogP contribution in [0.25, 0.3) is 0 Å². The summed E-state index contributed by atoms with van der Waals surface area (Å²) in [5.74, 6) is -3.02. The van der Waals surface area contributed by atoms with Gasteiger partial charge in [-0.25, -0.2) is 4.79 Å². The van der Waals surface area contributed by atoms with E-state index in [0.717, 1.165) is 0 Å². The largest absolute Gasteiger partial charge is 0.478 e. The Morgan fingerprint density at radius 3 is 2.43 bits per heavy atom. The molecule has 116 valence electrons. The van der Waals surface area contributed by atoms with Crippen LogP contribution in [0.15, 0.2) is 11.1 Å². The Hall–Kier alpha value is -1.73. The summed E-state index contributed by atoms with van der Waals surface area (Å²) >= 11 is 0. The molecule has 1 amide bonds. The zero-order valence-electron chi connectivity index (χ0n) is 12.4. The fraction of sp³-hybridized carbons (Fsp3) is 0.643. The Morgan fingerprint density at radius 1 is 1.33 bits per heavy atom. The van der Waals surface area contributed by atoms with Gasteiger partial charge in [0.1, 0.15) is 18.2 Å². The molecule has 0 aromatic rings. The lowest BCUT2D eigenvalue weighted by Gasteiger charge is -2.32. The van der Waals surface area contributed by atoms with E-state index in [1.807, 2.05) is 0 Å². The highest BCUT2D eigenvalue weighted by Gasteiger charge is 2.54. The monoisotopic (exact) mass is 297 g/mol. The third-order valence-electron chi connectivity index (χ3n) is 3.59. The molecule has 1 saturated heterocycles. The molecule has 3 atom stereocenters. The Morgan fingerprint density at radius 2 is 1.95 bits per heavy atom. The second kappa shape index (κ2) is 5.23. The van der Waals surface area contributed by atoms with Crippen molar-refractivity contribution in [3.63, 3.8) is 0 Å². The van der Waals surface area contributed by atoms with Crippen molar-refractivity contribution in [2.24, 2.45) is 0 Å². The van der Waals surface area contributed by atoms with Gasteiger partial charge in [0.25, 0.3) is 0 Å². The molecular weight excluding hydrogens is 278 g/mol. The summed E-state index contributed by atoms with van der Waals surface area (Å²) < 4.78 is 11.3. The standard InChI is InChI=1S/C14H19NO6/c1-5-7-8(13(18)19)11-12(21-14(3,4)20-11)9(10(7)17)15-6(2)16/h9,11-12H,5H2,1-4H3,(H,15,16)(H,18,19)/t9-,11-,12+/m1/s1. The topological polar surface area (TPSA) is 102 Å². The number of carbonyl (C=O) groups is 3. The highest BCUT2D eigenvalue weighted by molar-refractivity contribution is 6.09. The first kappa shape index (κ1) is 15.7. The molecule has 0 saturated carbocycles. The molecule has 1 aliphatic heterocycles. The van der Waals surface area contributed by atoms with Gasteiger partial charge in [-0.2, -0.15) is 0 Å². The average Bonchev–Trinajstić information content (AvgIpc) is 2.66. The lowest BCUT2D eigenvalue weighted by Crippen LogP contribution is -2.56. The van der Waals surface area contributed by atoms with Crippen LogP contribution in [-0.2, 0) is 23.9 Å². The maximum atomic E-state index is 12.5. The van der Waals surface area contributed by atoms with Crippen LogP contribution >= 0.6 is 0 Å². The smallest absolute Gasteiger partial charge is 0.334 e. The summed E-state index contributed by atoms with van der Waals surface area (Å²) in [6.07, 6.45) is -1.45. The van der Waals surface area contributed by atoms with Crippen molar-refractivity contribution in [3.05, 3.63) is 11.1 Å². The maximum Gasteiger partial charge on any atom is 0.334 e. The molecular formula is C14H19NO6. The molecule has 21 heavy (non-hydrogen) atoms. The number of nitrogens with one attached hydrogen (secondary N) is 1. The zero-order valence-corrected chi connectivity index (χ0v) is 12.4. The van der Waals surface area contributed by atoms with Crippen LogP contribution in [0.2, 0.25) is 0 Å². The Labute approximate surface area is 122 Å². The van der Waals surface area contributed by atoms with E-state index in [1.165, 1.54) is 6.92 Å². The van der Waals surface area contributed by atoms with E-state index < -0.39 is 35.8 Å². The highest BCUT2D eigenvalue weighted by atomic mass is 16.8. The second-order valence-corrected chi connectivity index (χ2v) is 5.61. The fourth-order valence-electron chi connectivity index (χ4n) is 2.88. The molecule has 0 aromatic heterocycles. The lowest BCUT2D eigenvalue weighted by atomic mass is 9.81. The number of carboxylic acids is 1. The van der Waals surface area contributed by atoms with E-state index in [2.05, 4.69) is 5.32 Å². The summed E-state index contributed by atoms with van der Waals surface area (Å²) in [6, 6.07) is -0.924. The molecule has 0 bridgehead atoms. The number of carboxylic acid groups (broad SMARTS) is 1. The Balaban J connectivity index is 2.53. The van der Waals surface area contributed by atoms with Crippen molar-refractivity contribution in [2.45, 2.75) is 58.2 Å². The first-order valence-electron chi connectivity index (χ1n) is 6.81. The molecule has 0 unspecified atom stereocenters. The molecule has 1 heterocycles. The second-order valence-electron chi connectivity index (χ2n) is 5.61. The molecule has 2 aliphatic rings. The summed E-state index contributed by atoms with van der Waals surface area (Å²) in [6.45, 7) is 6.28. The van der Waals surface area contributed by atoms with Crippen LogP contribution in [0.4, 0.5) is 0 Å². The van der Waals surface area contributed by atoms with Crippen LogP contribution in [0, 0.1) is 0 Å². The minimum absolute atomic E-state index is 0.0697. The van der Waals surface area contributed by atoms with Crippen molar-refractivity contribution < 1.29 is 29.0 Å². The Bertz CT molecular complexity index is 536. The van der Waals surface area contributed by atoms with Gasteiger partial charge >= 0.3 is 5.97 Å². The van der Waals surface area contributed by atoms with Crippen molar-refractivity contribution in [2.75, 3.05) is 0 Å². The third-order valence-corrected chi connectivity index (χ3v) is 3.59. The molecule has 7 nitrogen and oxygen atoms in total. The summed E-state index contributed by atoms with van der Waals surface area (Å²) in [7, 11) is 0. The predicted molar refractivity (Wildman–Crippen MR) is 71.4 cm³/mol. The zero-order chi connectivity index (χ0) is 15.9. The van der Waals surface area contributed by atoms with Gasteiger partial charge in [-0.3, -0.25) is 9.59 Å². The van der Waals surface area contributed by atoms with Gasteiger partial charge in [0, 0.05) is 12.5 Å². The number of ketones is 1. The molecule has 1 fully saturated rings. The molecule has 2 rings (SSSR count). The summed E-state index contributed by atoms with van der Waals surface area (Å²) in [5, 5.41) is 12.0. The summed E-state index contributed by atoms with van der Waals surface area (Å²) in [4.78, 5) is 35.3. The minimum atomic E-state index is -1.20. The SMILES string of the molecule is CCC1=C(C(=O)O)[C@H]2OC(C)(C)O[C@H]2[C@H](NC(C)=O)C1=O. The molecule has 0 radical (unpaired) electrons. The first-order chi connectivity index (χ1) is 9.68. The van der Waals surface area contributed by atoms with Crippen LogP contribution in [-0.4, -0.2) is 46.8 Å². The number of fused-ring (bicyclic) bond motifs is 1. The van der Waals surface area contributed by atoms with E-state index in [9.17, 15) is 19.5 Å². The molecule has 0 aromatic carbocycles. The number of amides is 1. The van der Waals surface area contributed by atoms with Crippen LogP contribution in [0.5, 0.6) is 0 Å². The first-order valence-corrected chi connectivity index (χ1v) is 6.81. The van der Waals surface area contributed by atoms with E-state index in [4.69, 9.17) is 9.47 Å². The normalized spacial score (nSPS) is 31.0. The maximum absolute atomic E-state index is 12.5. The van der Waals surface area contributed by atoms with Crippen molar-refractivity contribution in [3.8, 4) is 0 Å².